The van der Waals surface area contributed by atoms with Crippen molar-refractivity contribution in [2.24, 2.45) is 5.73 Å². The predicted octanol–water partition coefficient (Wildman–Crippen LogP) is 2.91. The van der Waals surface area contributed by atoms with Crippen LogP contribution in [0, 0.1) is 5.82 Å². The van der Waals surface area contributed by atoms with Gasteiger partial charge in [-0.3, -0.25) is 9.78 Å². The molecule has 0 aliphatic carbocycles. The lowest BCUT2D eigenvalue weighted by molar-refractivity contribution is 0.0695. The number of nitrogens with zero attached hydrogens (tertiary/aromatic N) is 3. The fraction of sp³-hybridized carbons (Fsp3) is 0.174. The maximum absolute atomic E-state index is 15.0. The summed E-state index contributed by atoms with van der Waals surface area (Å²) < 4.78 is 16.6. The zero-order valence-electron chi connectivity index (χ0n) is 16.5. The number of carboxylic acids is 1. The Bertz CT molecular complexity index is 1420. The number of halogens is 1. The van der Waals surface area contributed by atoms with Gasteiger partial charge < -0.3 is 20.3 Å². The van der Waals surface area contributed by atoms with E-state index >= 15 is 0 Å². The molecule has 31 heavy (non-hydrogen) atoms. The minimum absolute atomic E-state index is 0.0101. The van der Waals surface area contributed by atoms with E-state index in [9.17, 15) is 19.1 Å². The molecule has 0 saturated carbocycles. The number of rotatable bonds is 3. The molecule has 0 spiro atoms. The summed E-state index contributed by atoms with van der Waals surface area (Å²) in [5.41, 5.74) is 7.05. The minimum atomic E-state index is -1.36. The Morgan fingerprint density at radius 3 is 2.81 bits per heavy atom. The van der Waals surface area contributed by atoms with Crippen molar-refractivity contribution in [2.45, 2.75) is 12.5 Å². The zero-order chi connectivity index (χ0) is 21.7. The van der Waals surface area contributed by atoms with E-state index in [0.29, 0.717) is 30.0 Å². The predicted molar refractivity (Wildman–Crippen MR) is 117 cm³/mol. The van der Waals surface area contributed by atoms with Gasteiger partial charge in [0.25, 0.3) is 0 Å². The second-order valence-corrected chi connectivity index (χ2v) is 7.74. The fourth-order valence-corrected chi connectivity index (χ4v) is 4.16. The third-order valence-corrected chi connectivity index (χ3v) is 5.73. The molecule has 8 heteroatoms. The average Bonchev–Trinajstić information content (AvgIpc) is 3.19. The van der Waals surface area contributed by atoms with Gasteiger partial charge in [-0.05, 0) is 42.8 Å². The van der Waals surface area contributed by atoms with Crippen LogP contribution in [0.25, 0.3) is 27.5 Å². The summed E-state index contributed by atoms with van der Waals surface area (Å²) in [6, 6.07) is 11.9. The molecule has 3 heterocycles. The molecule has 0 unspecified atom stereocenters. The van der Waals surface area contributed by atoms with Crippen molar-refractivity contribution in [1.29, 1.82) is 0 Å². The van der Waals surface area contributed by atoms with Crippen LogP contribution in [0.2, 0.25) is 0 Å². The van der Waals surface area contributed by atoms with Gasteiger partial charge in [-0.2, -0.15) is 0 Å². The molecule has 1 saturated heterocycles. The number of anilines is 1. The molecule has 1 aliphatic rings. The molecule has 1 aliphatic heterocycles. The van der Waals surface area contributed by atoms with E-state index in [2.05, 4.69) is 4.98 Å². The summed E-state index contributed by atoms with van der Waals surface area (Å²) in [5.74, 6) is -1.94. The molecule has 0 amide bonds. The van der Waals surface area contributed by atoms with E-state index in [1.54, 1.807) is 22.9 Å². The van der Waals surface area contributed by atoms with Crippen LogP contribution in [0.1, 0.15) is 16.8 Å². The second-order valence-electron chi connectivity index (χ2n) is 7.74. The first-order chi connectivity index (χ1) is 14.9. The van der Waals surface area contributed by atoms with E-state index in [0.717, 1.165) is 23.4 Å². The molecule has 0 radical (unpaired) electrons. The third-order valence-electron chi connectivity index (χ3n) is 5.73. The molecule has 4 aromatic rings. The van der Waals surface area contributed by atoms with E-state index in [1.165, 1.54) is 6.20 Å². The first kappa shape index (κ1) is 19.2. The standard InChI is InChI=1S/C23H19FN4O3/c24-18-9-16-20(10-21(18)27-7-5-14(25)11-27)28(12-17(22(16)29)23(30)31)15-3-4-19-13(8-15)2-1-6-26-19/h1-4,6,8-10,12,14H,5,7,11,25H2,(H,30,31)/t14-/m0/s1. The van der Waals surface area contributed by atoms with Crippen molar-refractivity contribution in [2.75, 3.05) is 18.0 Å². The summed E-state index contributed by atoms with van der Waals surface area (Å²) in [4.78, 5) is 30.7. The topological polar surface area (TPSA) is 101 Å². The van der Waals surface area contributed by atoms with E-state index in [1.807, 2.05) is 29.2 Å². The van der Waals surface area contributed by atoms with Crippen LogP contribution in [0.5, 0.6) is 0 Å². The Morgan fingerprint density at radius 1 is 1.23 bits per heavy atom. The largest absolute Gasteiger partial charge is 0.477 e. The van der Waals surface area contributed by atoms with Crippen LogP contribution >= 0.6 is 0 Å². The lowest BCUT2D eigenvalue weighted by Crippen LogP contribution is -2.27. The summed E-state index contributed by atoms with van der Waals surface area (Å²) in [5, 5.41) is 10.4. The Hall–Kier alpha value is -3.78. The molecule has 5 rings (SSSR count). The van der Waals surface area contributed by atoms with Gasteiger partial charge in [0.05, 0.1) is 16.7 Å². The average molecular weight is 418 g/mol. The highest BCUT2D eigenvalue weighted by Gasteiger charge is 2.24. The first-order valence-electron chi connectivity index (χ1n) is 9.90. The SMILES string of the molecule is N[C@H]1CCN(c2cc3c(cc2F)c(=O)c(C(=O)O)cn3-c2ccc3ncccc3c2)C1. The Morgan fingerprint density at radius 2 is 2.06 bits per heavy atom. The van der Waals surface area contributed by atoms with Gasteiger partial charge in [0, 0.05) is 48.0 Å². The summed E-state index contributed by atoms with van der Waals surface area (Å²) in [7, 11) is 0. The normalized spacial score (nSPS) is 16.3. The number of carbonyl (C=O) groups is 1. The highest BCUT2D eigenvalue weighted by atomic mass is 19.1. The van der Waals surface area contributed by atoms with Gasteiger partial charge in [-0.15, -0.1) is 0 Å². The maximum atomic E-state index is 15.0. The van der Waals surface area contributed by atoms with Gasteiger partial charge in [-0.25, -0.2) is 9.18 Å². The number of carboxylic acid groups (broad SMARTS) is 1. The summed E-state index contributed by atoms with van der Waals surface area (Å²) in [6.07, 6.45) is 3.73. The number of nitrogens with two attached hydrogens (primary N) is 1. The number of pyridine rings is 2. The molecule has 156 valence electrons. The molecule has 2 aromatic carbocycles. The molecular weight excluding hydrogens is 399 g/mol. The summed E-state index contributed by atoms with van der Waals surface area (Å²) in [6.45, 7) is 1.13. The molecule has 1 fully saturated rings. The van der Waals surface area contributed by atoms with Crippen LogP contribution in [0.15, 0.2) is 59.7 Å². The van der Waals surface area contributed by atoms with Crippen LogP contribution < -0.4 is 16.1 Å². The number of benzene rings is 2. The Labute approximate surface area is 176 Å². The fourth-order valence-electron chi connectivity index (χ4n) is 4.16. The maximum Gasteiger partial charge on any atom is 0.341 e. The van der Waals surface area contributed by atoms with Gasteiger partial charge in [0.2, 0.25) is 5.43 Å². The first-order valence-corrected chi connectivity index (χ1v) is 9.90. The minimum Gasteiger partial charge on any atom is -0.477 e. The van der Waals surface area contributed by atoms with E-state index < -0.39 is 22.8 Å². The third kappa shape index (κ3) is 3.21. The lowest BCUT2D eigenvalue weighted by Gasteiger charge is -2.21. The molecule has 3 N–H and O–H groups in total. The monoisotopic (exact) mass is 418 g/mol. The smallest absolute Gasteiger partial charge is 0.341 e. The van der Waals surface area contributed by atoms with Gasteiger partial charge in [0.15, 0.2) is 0 Å². The van der Waals surface area contributed by atoms with Crippen molar-refractivity contribution < 1.29 is 14.3 Å². The summed E-state index contributed by atoms with van der Waals surface area (Å²) >= 11 is 0. The Balaban J connectivity index is 1.81. The Kier molecular flexibility index (Phi) is 4.44. The lowest BCUT2D eigenvalue weighted by atomic mass is 10.1. The van der Waals surface area contributed by atoms with Crippen molar-refractivity contribution >= 4 is 33.5 Å². The highest BCUT2D eigenvalue weighted by Crippen LogP contribution is 2.29. The van der Waals surface area contributed by atoms with Crippen LogP contribution in [0.3, 0.4) is 0 Å². The van der Waals surface area contributed by atoms with Gasteiger partial charge in [-0.1, -0.05) is 6.07 Å². The molecule has 0 bridgehead atoms. The number of fused-ring (bicyclic) bond motifs is 2. The van der Waals surface area contributed by atoms with Gasteiger partial charge >= 0.3 is 5.97 Å². The van der Waals surface area contributed by atoms with E-state index in [4.69, 9.17) is 5.73 Å². The van der Waals surface area contributed by atoms with Crippen molar-refractivity contribution in [3.8, 4) is 5.69 Å². The molecule has 1 atom stereocenters. The van der Waals surface area contributed by atoms with Crippen molar-refractivity contribution in [3.05, 3.63) is 76.5 Å². The van der Waals surface area contributed by atoms with Crippen molar-refractivity contribution in [3.63, 3.8) is 0 Å². The number of aromatic nitrogens is 2. The van der Waals surface area contributed by atoms with Crippen molar-refractivity contribution in [1.82, 2.24) is 9.55 Å². The second kappa shape index (κ2) is 7.17. The number of hydrogen-bond donors (Lipinski definition) is 2. The molecule has 7 nitrogen and oxygen atoms in total. The van der Waals surface area contributed by atoms with Crippen LogP contribution in [-0.4, -0.2) is 39.8 Å². The van der Waals surface area contributed by atoms with Crippen LogP contribution in [0.4, 0.5) is 10.1 Å². The number of aromatic carboxylic acids is 1. The van der Waals surface area contributed by atoms with E-state index in [-0.39, 0.29) is 11.4 Å². The van der Waals surface area contributed by atoms with Gasteiger partial charge in [0.1, 0.15) is 11.4 Å². The zero-order valence-corrected chi connectivity index (χ0v) is 16.5. The highest BCUT2D eigenvalue weighted by molar-refractivity contribution is 5.94. The van der Waals surface area contributed by atoms with Crippen LogP contribution in [-0.2, 0) is 0 Å². The number of hydrogen-bond acceptors (Lipinski definition) is 5. The quantitative estimate of drug-likeness (QED) is 0.531. The molecule has 2 aromatic heterocycles. The molecular formula is C23H19FN4O3.